The van der Waals surface area contributed by atoms with Crippen LogP contribution in [0.2, 0.25) is 0 Å². The smallest absolute Gasteiger partial charge is 0.105 e. The van der Waals surface area contributed by atoms with Gasteiger partial charge in [0.2, 0.25) is 0 Å². The van der Waals surface area contributed by atoms with Gasteiger partial charge in [-0.25, -0.2) is 0 Å². The molecule has 58 valence electrons. The van der Waals surface area contributed by atoms with Crippen molar-refractivity contribution in [3.05, 3.63) is 0 Å². The third-order valence-corrected chi connectivity index (χ3v) is 1.69. The van der Waals surface area contributed by atoms with Crippen molar-refractivity contribution in [1.82, 2.24) is 5.32 Å². The quantitative estimate of drug-likeness (QED) is 0.668. The molecule has 1 unspecified atom stereocenters. The largest absolute Gasteiger partial charge is 0.299 e. The number of nitriles is 1. The third-order valence-electron chi connectivity index (χ3n) is 1.02. The predicted molar refractivity (Wildman–Crippen MR) is 46.1 cm³/mol. The first-order valence-corrected chi connectivity index (χ1v) is 4.74. The maximum atomic E-state index is 8.58. The van der Waals surface area contributed by atoms with Gasteiger partial charge in [-0.2, -0.15) is 17.0 Å². The molecule has 0 heterocycles. The minimum absolute atomic E-state index is 0.00926. The first-order valence-electron chi connectivity index (χ1n) is 3.35. The van der Waals surface area contributed by atoms with Gasteiger partial charge in [-0.05, 0) is 20.1 Å². The van der Waals surface area contributed by atoms with Gasteiger partial charge in [0.05, 0.1) is 6.07 Å². The lowest BCUT2D eigenvalue weighted by atomic mass is 10.3. The van der Waals surface area contributed by atoms with Crippen LogP contribution in [-0.2, 0) is 0 Å². The van der Waals surface area contributed by atoms with Crippen LogP contribution in [0.15, 0.2) is 0 Å². The second-order valence-electron chi connectivity index (χ2n) is 2.46. The highest BCUT2D eigenvalue weighted by atomic mass is 32.2. The molecule has 0 saturated heterocycles. The fourth-order valence-electron chi connectivity index (χ4n) is 0.692. The summed E-state index contributed by atoms with van der Waals surface area (Å²) < 4.78 is 0. The number of rotatable bonds is 4. The molecule has 1 atom stereocenters. The van der Waals surface area contributed by atoms with E-state index in [1.165, 1.54) is 0 Å². The van der Waals surface area contributed by atoms with Gasteiger partial charge in [0.15, 0.2) is 0 Å². The number of nitrogens with one attached hydrogen (secondary N) is 1. The fraction of sp³-hybridized carbons (Fsp3) is 0.857. The molecule has 0 saturated carbocycles. The van der Waals surface area contributed by atoms with Crippen LogP contribution in [0.1, 0.15) is 13.8 Å². The Bertz CT molecular complexity index is 117. The number of thioether (sulfide) groups is 1. The van der Waals surface area contributed by atoms with E-state index in [2.05, 4.69) is 11.4 Å². The van der Waals surface area contributed by atoms with Gasteiger partial charge in [0.1, 0.15) is 6.04 Å². The standard InChI is InChI=1S/C7H14N2S/c1-6(2)9-7(4-8)5-10-3/h6-7,9H,5H2,1-3H3. The molecular weight excluding hydrogens is 144 g/mol. The van der Waals surface area contributed by atoms with Crippen LogP contribution < -0.4 is 5.32 Å². The first kappa shape index (κ1) is 9.80. The summed E-state index contributed by atoms with van der Waals surface area (Å²) in [4.78, 5) is 0. The van der Waals surface area contributed by atoms with Crippen molar-refractivity contribution >= 4 is 11.8 Å². The van der Waals surface area contributed by atoms with Crippen molar-refractivity contribution in [2.75, 3.05) is 12.0 Å². The Labute approximate surface area is 67.0 Å². The van der Waals surface area contributed by atoms with E-state index >= 15 is 0 Å². The molecular formula is C7H14N2S. The summed E-state index contributed by atoms with van der Waals surface area (Å²) in [5.41, 5.74) is 0. The summed E-state index contributed by atoms with van der Waals surface area (Å²) in [5.74, 6) is 0.870. The molecule has 0 aromatic heterocycles. The summed E-state index contributed by atoms with van der Waals surface area (Å²) in [6, 6.07) is 2.61. The van der Waals surface area contributed by atoms with Crippen LogP contribution >= 0.6 is 11.8 Å². The van der Waals surface area contributed by atoms with Gasteiger partial charge in [-0.15, -0.1) is 0 Å². The number of hydrogen-bond acceptors (Lipinski definition) is 3. The van der Waals surface area contributed by atoms with Gasteiger partial charge in [0.25, 0.3) is 0 Å². The normalized spacial score (nSPS) is 13.1. The average Bonchev–Trinajstić information content (AvgIpc) is 1.86. The van der Waals surface area contributed by atoms with Crippen molar-refractivity contribution in [3.8, 4) is 6.07 Å². The van der Waals surface area contributed by atoms with Gasteiger partial charge in [-0.3, -0.25) is 5.32 Å². The van der Waals surface area contributed by atoms with Crippen LogP contribution in [-0.4, -0.2) is 24.1 Å². The van der Waals surface area contributed by atoms with Crippen molar-refractivity contribution in [2.45, 2.75) is 25.9 Å². The van der Waals surface area contributed by atoms with Crippen molar-refractivity contribution in [3.63, 3.8) is 0 Å². The summed E-state index contributed by atoms with van der Waals surface area (Å²) in [6.45, 7) is 4.09. The fourth-order valence-corrected chi connectivity index (χ4v) is 1.20. The number of hydrogen-bond donors (Lipinski definition) is 1. The summed E-state index contributed by atoms with van der Waals surface area (Å²) in [6.07, 6.45) is 2.01. The Balaban J connectivity index is 3.52. The zero-order valence-electron chi connectivity index (χ0n) is 6.72. The highest BCUT2D eigenvalue weighted by Crippen LogP contribution is 1.96. The molecule has 1 N–H and O–H groups in total. The molecule has 0 rings (SSSR count). The summed E-state index contributed by atoms with van der Waals surface area (Å²) in [7, 11) is 0. The number of nitrogens with zero attached hydrogens (tertiary/aromatic N) is 1. The Kier molecular flexibility index (Phi) is 5.46. The van der Waals surface area contributed by atoms with Crippen molar-refractivity contribution in [1.29, 1.82) is 5.26 Å². The predicted octanol–water partition coefficient (Wildman–Crippen LogP) is 1.24. The van der Waals surface area contributed by atoms with E-state index in [1.54, 1.807) is 11.8 Å². The van der Waals surface area contributed by atoms with Crippen LogP contribution in [0, 0.1) is 11.3 Å². The molecule has 3 heteroatoms. The second-order valence-corrected chi connectivity index (χ2v) is 3.37. The lowest BCUT2D eigenvalue weighted by Crippen LogP contribution is -2.35. The Morgan fingerprint density at radius 2 is 2.20 bits per heavy atom. The SMILES string of the molecule is CSCC(C#N)NC(C)C. The maximum absolute atomic E-state index is 8.58. The lowest BCUT2D eigenvalue weighted by Gasteiger charge is -2.12. The van der Waals surface area contributed by atoms with Crippen LogP contribution in [0.3, 0.4) is 0 Å². The van der Waals surface area contributed by atoms with Crippen LogP contribution in [0.4, 0.5) is 0 Å². The average molecular weight is 158 g/mol. The minimum Gasteiger partial charge on any atom is -0.299 e. The van der Waals surface area contributed by atoms with Crippen molar-refractivity contribution in [2.24, 2.45) is 0 Å². The maximum Gasteiger partial charge on any atom is 0.105 e. The molecule has 0 aliphatic rings. The zero-order valence-corrected chi connectivity index (χ0v) is 7.53. The minimum atomic E-state index is 0.00926. The molecule has 2 nitrogen and oxygen atoms in total. The van der Waals surface area contributed by atoms with Crippen molar-refractivity contribution < 1.29 is 0 Å². The lowest BCUT2D eigenvalue weighted by molar-refractivity contribution is 0.560. The van der Waals surface area contributed by atoms with Gasteiger partial charge >= 0.3 is 0 Å². The molecule has 0 aliphatic carbocycles. The molecule has 0 bridgehead atoms. The molecule has 0 amide bonds. The summed E-state index contributed by atoms with van der Waals surface area (Å²) in [5, 5.41) is 11.7. The van der Waals surface area contributed by atoms with E-state index in [4.69, 9.17) is 5.26 Å². The van der Waals surface area contributed by atoms with E-state index < -0.39 is 0 Å². The second kappa shape index (κ2) is 5.57. The van der Waals surface area contributed by atoms with Gasteiger partial charge in [-0.1, -0.05) is 0 Å². The third kappa shape index (κ3) is 4.66. The zero-order chi connectivity index (χ0) is 7.98. The Hall–Kier alpha value is -0.200. The highest BCUT2D eigenvalue weighted by Gasteiger charge is 2.05. The molecule has 0 radical (unpaired) electrons. The van der Waals surface area contributed by atoms with Gasteiger partial charge < -0.3 is 0 Å². The van der Waals surface area contributed by atoms with E-state index in [0.29, 0.717) is 6.04 Å². The Morgan fingerprint density at radius 3 is 2.50 bits per heavy atom. The van der Waals surface area contributed by atoms with E-state index in [9.17, 15) is 0 Å². The van der Waals surface area contributed by atoms with Crippen LogP contribution in [0.25, 0.3) is 0 Å². The van der Waals surface area contributed by atoms with Gasteiger partial charge in [0, 0.05) is 11.8 Å². The van der Waals surface area contributed by atoms with E-state index in [1.807, 2.05) is 20.1 Å². The van der Waals surface area contributed by atoms with E-state index in [-0.39, 0.29) is 6.04 Å². The molecule has 0 aromatic rings. The molecule has 0 aromatic carbocycles. The molecule has 0 spiro atoms. The van der Waals surface area contributed by atoms with Crippen LogP contribution in [0.5, 0.6) is 0 Å². The monoisotopic (exact) mass is 158 g/mol. The Morgan fingerprint density at radius 1 is 1.60 bits per heavy atom. The highest BCUT2D eigenvalue weighted by molar-refractivity contribution is 7.98. The summed E-state index contributed by atoms with van der Waals surface area (Å²) >= 11 is 1.69. The molecule has 0 fully saturated rings. The molecule has 0 aliphatic heterocycles. The van der Waals surface area contributed by atoms with E-state index in [0.717, 1.165) is 5.75 Å². The first-order chi connectivity index (χ1) is 4.70. The topological polar surface area (TPSA) is 35.8 Å². The molecule has 10 heavy (non-hydrogen) atoms.